The molecule has 1 N–H and O–H groups in total. The van der Waals surface area contributed by atoms with Crippen molar-refractivity contribution in [1.29, 1.82) is 0 Å². The minimum Gasteiger partial charge on any atom is -0.483 e. The Morgan fingerprint density at radius 3 is 2.94 bits per heavy atom. The van der Waals surface area contributed by atoms with E-state index in [1.807, 2.05) is 7.05 Å². The molecule has 17 heavy (non-hydrogen) atoms. The summed E-state index contributed by atoms with van der Waals surface area (Å²) in [5.41, 5.74) is 2.01. The topological polar surface area (TPSA) is 34.4 Å². The van der Waals surface area contributed by atoms with E-state index in [-0.39, 0.29) is 5.60 Å². The first-order valence-electron chi connectivity index (χ1n) is 5.97. The normalized spacial score (nSPS) is 17.1. The minimum absolute atomic E-state index is 0.118. The van der Waals surface area contributed by atoms with Crippen LogP contribution in [0.15, 0.2) is 22.6 Å². The molecule has 0 saturated carbocycles. The molecule has 1 aromatic carbocycles. The number of fused-ring (bicyclic) bond motifs is 3. The number of ether oxygens (including phenoxy) is 1. The second-order valence-electron chi connectivity index (χ2n) is 5.25. The molecule has 1 aliphatic rings. The molecule has 1 aromatic heterocycles. The van der Waals surface area contributed by atoms with Gasteiger partial charge in [0.05, 0.1) is 6.54 Å². The van der Waals surface area contributed by atoms with Gasteiger partial charge in [-0.1, -0.05) is 12.1 Å². The lowest BCUT2D eigenvalue weighted by atomic mass is 10.0. The Morgan fingerprint density at radius 1 is 1.35 bits per heavy atom. The molecule has 3 heteroatoms. The van der Waals surface area contributed by atoms with Crippen LogP contribution in [-0.4, -0.2) is 12.6 Å². The van der Waals surface area contributed by atoms with E-state index in [4.69, 9.17) is 9.15 Å². The lowest BCUT2D eigenvalue weighted by molar-refractivity contribution is 0.138. The predicted molar refractivity (Wildman–Crippen MR) is 67.4 cm³/mol. The van der Waals surface area contributed by atoms with Crippen molar-refractivity contribution in [1.82, 2.24) is 5.32 Å². The van der Waals surface area contributed by atoms with Gasteiger partial charge in [-0.2, -0.15) is 0 Å². The van der Waals surface area contributed by atoms with Crippen molar-refractivity contribution in [2.75, 3.05) is 7.05 Å². The highest BCUT2D eigenvalue weighted by Crippen LogP contribution is 2.41. The third-order valence-corrected chi connectivity index (χ3v) is 3.12. The molecule has 0 bridgehead atoms. The van der Waals surface area contributed by atoms with Gasteiger partial charge in [0.15, 0.2) is 11.3 Å². The smallest absolute Gasteiger partial charge is 0.176 e. The van der Waals surface area contributed by atoms with Crippen LogP contribution in [0.2, 0.25) is 0 Å². The molecule has 0 atom stereocenters. The molecular formula is C14H17NO2. The highest BCUT2D eigenvalue weighted by Gasteiger charge is 2.32. The number of benzene rings is 1. The van der Waals surface area contributed by atoms with Gasteiger partial charge in [-0.3, -0.25) is 0 Å². The molecule has 2 heterocycles. The molecule has 0 aliphatic carbocycles. The van der Waals surface area contributed by atoms with Crippen molar-refractivity contribution in [3.63, 3.8) is 0 Å². The van der Waals surface area contributed by atoms with E-state index >= 15 is 0 Å². The van der Waals surface area contributed by atoms with Gasteiger partial charge >= 0.3 is 0 Å². The molecule has 0 spiro atoms. The van der Waals surface area contributed by atoms with Gasteiger partial charge < -0.3 is 14.5 Å². The average Bonchev–Trinajstić information content (AvgIpc) is 2.76. The Hall–Kier alpha value is -1.48. The van der Waals surface area contributed by atoms with Crippen LogP contribution in [0.3, 0.4) is 0 Å². The summed E-state index contributed by atoms with van der Waals surface area (Å²) >= 11 is 0. The van der Waals surface area contributed by atoms with Crippen LogP contribution in [0.5, 0.6) is 5.75 Å². The first-order valence-corrected chi connectivity index (χ1v) is 5.97. The Morgan fingerprint density at radius 2 is 2.18 bits per heavy atom. The van der Waals surface area contributed by atoms with Gasteiger partial charge in [0.1, 0.15) is 11.4 Å². The zero-order valence-corrected chi connectivity index (χ0v) is 10.5. The van der Waals surface area contributed by atoms with Gasteiger partial charge in [-0.05, 0) is 27.0 Å². The zero-order chi connectivity index (χ0) is 12.0. The van der Waals surface area contributed by atoms with E-state index < -0.39 is 0 Å². The SMILES string of the molecule is CNCc1cc2ccc3c(c2o1)OC(C)(C)C3. The number of hydrogen-bond acceptors (Lipinski definition) is 3. The maximum Gasteiger partial charge on any atom is 0.176 e. The van der Waals surface area contributed by atoms with E-state index in [0.717, 1.165) is 35.4 Å². The van der Waals surface area contributed by atoms with Gasteiger partial charge in [0.2, 0.25) is 0 Å². The fourth-order valence-corrected chi connectivity index (χ4v) is 2.46. The molecule has 1 aliphatic heterocycles. The lowest BCUT2D eigenvalue weighted by Gasteiger charge is -2.16. The van der Waals surface area contributed by atoms with E-state index in [2.05, 4.69) is 37.4 Å². The quantitative estimate of drug-likeness (QED) is 0.863. The van der Waals surface area contributed by atoms with Crippen LogP contribution in [0.4, 0.5) is 0 Å². The maximum atomic E-state index is 5.98. The predicted octanol–water partition coefficient (Wildman–Crippen LogP) is 2.87. The molecule has 90 valence electrons. The standard InChI is InChI=1S/C14H17NO2/c1-14(2)7-10-5-4-9-6-11(8-15-3)16-12(9)13(10)17-14/h4-6,15H,7-8H2,1-3H3. The fraction of sp³-hybridized carbons (Fsp3) is 0.429. The Bertz CT molecular complexity index is 569. The number of hydrogen-bond donors (Lipinski definition) is 1. The van der Waals surface area contributed by atoms with E-state index in [9.17, 15) is 0 Å². The van der Waals surface area contributed by atoms with Gasteiger partial charge in [-0.15, -0.1) is 0 Å². The Balaban J connectivity index is 2.13. The van der Waals surface area contributed by atoms with E-state index in [0.29, 0.717) is 0 Å². The van der Waals surface area contributed by atoms with Crippen molar-refractivity contribution in [2.24, 2.45) is 0 Å². The first kappa shape index (κ1) is 10.7. The van der Waals surface area contributed by atoms with E-state index in [1.54, 1.807) is 0 Å². The Kier molecular flexibility index (Phi) is 2.20. The molecule has 0 unspecified atom stereocenters. The van der Waals surface area contributed by atoms with Crippen LogP contribution >= 0.6 is 0 Å². The fourth-order valence-electron chi connectivity index (χ4n) is 2.46. The summed E-state index contributed by atoms with van der Waals surface area (Å²) in [5.74, 6) is 1.87. The summed E-state index contributed by atoms with van der Waals surface area (Å²) in [6, 6.07) is 6.33. The molecule has 2 aromatic rings. The first-order chi connectivity index (χ1) is 8.09. The third kappa shape index (κ3) is 1.71. The number of rotatable bonds is 2. The molecule has 0 amide bonds. The second kappa shape index (κ2) is 3.50. The van der Waals surface area contributed by atoms with Crippen LogP contribution < -0.4 is 10.1 Å². The van der Waals surface area contributed by atoms with Gasteiger partial charge in [0, 0.05) is 17.4 Å². The Labute approximate surface area is 101 Å². The van der Waals surface area contributed by atoms with Crippen molar-refractivity contribution in [3.05, 3.63) is 29.5 Å². The molecule has 0 fully saturated rings. The second-order valence-corrected chi connectivity index (χ2v) is 5.25. The van der Waals surface area contributed by atoms with Crippen LogP contribution in [-0.2, 0) is 13.0 Å². The van der Waals surface area contributed by atoms with Crippen LogP contribution in [0.1, 0.15) is 25.2 Å². The van der Waals surface area contributed by atoms with Crippen molar-refractivity contribution in [3.8, 4) is 5.75 Å². The van der Waals surface area contributed by atoms with Crippen LogP contribution in [0.25, 0.3) is 11.0 Å². The summed E-state index contributed by atoms with van der Waals surface area (Å²) in [6.45, 7) is 4.96. The third-order valence-electron chi connectivity index (χ3n) is 3.12. The van der Waals surface area contributed by atoms with Crippen molar-refractivity contribution in [2.45, 2.75) is 32.4 Å². The summed E-state index contributed by atoms with van der Waals surface area (Å²) in [7, 11) is 1.91. The van der Waals surface area contributed by atoms with Gasteiger partial charge in [0.25, 0.3) is 0 Å². The molecule has 0 radical (unpaired) electrons. The van der Waals surface area contributed by atoms with Gasteiger partial charge in [-0.25, -0.2) is 0 Å². The highest BCUT2D eigenvalue weighted by atomic mass is 16.5. The number of nitrogens with one attached hydrogen (secondary N) is 1. The summed E-state index contributed by atoms with van der Waals surface area (Å²) in [4.78, 5) is 0. The molecular weight excluding hydrogens is 214 g/mol. The summed E-state index contributed by atoms with van der Waals surface area (Å²) in [5, 5.41) is 4.21. The largest absolute Gasteiger partial charge is 0.483 e. The lowest BCUT2D eigenvalue weighted by Crippen LogP contribution is -2.24. The maximum absolute atomic E-state index is 5.98. The molecule has 3 nitrogen and oxygen atoms in total. The highest BCUT2D eigenvalue weighted by molar-refractivity contribution is 5.85. The van der Waals surface area contributed by atoms with E-state index in [1.165, 1.54) is 5.56 Å². The zero-order valence-electron chi connectivity index (χ0n) is 10.5. The summed E-state index contributed by atoms with van der Waals surface area (Å²) in [6.07, 6.45) is 0.945. The molecule has 0 saturated heterocycles. The van der Waals surface area contributed by atoms with Crippen LogP contribution in [0, 0.1) is 0 Å². The molecule has 3 rings (SSSR count). The summed E-state index contributed by atoms with van der Waals surface area (Å²) < 4.78 is 11.8. The average molecular weight is 231 g/mol. The van der Waals surface area contributed by atoms with Crippen molar-refractivity contribution < 1.29 is 9.15 Å². The number of furan rings is 1. The monoisotopic (exact) mass is 231 g/mol. The minimum atomic E-state index is -0.118. The van der Waals surface area contributed by atoms with Crippen molar-refractivity contribution >= 4 is 11.0 Å².